The molecule has 0 aliphatic carbocycles. The summed E-state index contributed by atoms with van der Waals surface area (Å²) in [6, 6.07) is 17.2. The number of hydrogen-bond donors (Lipinski definition) is 1. The minimum Gasteiger partial charge on any atom is -0.497 e. The van der Waals surface area contributed by atoms with Crippen molar-refractivity contribution in [3.63, 3.8) is 0 Å². The predicted octanol–water partition coefficient (Wildman–Crippen LogP) is 4.45. The quantitative estimate of drug-likeness (QED) is 0.607. The van der Waals surface area contributed by atoms with E-state index in [1.54, 1.807) is 13.2 Å². The monoisotopic (exact) mass is 352 g/mol. The lowest BCUT2D eigenvalue weighted by atomic mass is 10.2. The molecule has 136 valence electrons. The van der Waals surface area contributed by atoms with Crippen molar-refractivity contribution in [3.05, 3.63) is 54.6 Å². The smallest absolute Gasteiger partial charge is 0.146 e. The van der Waals surface area contributed by atoms with Crippen LogP contribution in [0.2, 0.25) is 0 Å². The van der Waals surface area contributed by atoms with Gasteiger partial charge in [0.25, 0.3) is 0 Å². The van der Waals surface area contributed by atoms with Gasteiger partial charge in [0.05, 0.1) is 19.8 Å². The molecule has 3 rings (SSSR count). The van der Waals surface area contributed by atoms with E-state index < -0.39 is 0 Å². The van der Waals surface area contributed by atoms with Gasteiger partial charge in [-0.2, -0.15) is 0 Å². The molecule has 0 bridgehead atoms. The van der Waals surface area contributed by atoms with Crippen molar-refractivity contribution < 1.29 is 14.2 Å². The number of anilines is 1. The van der Waals surface area contributed by atoms with Crippen LogP contribution >= 0.6 is 0 Å². The van der Waals surface area contributed by atoms with E-state index in [0.717, 1.165) is 41.0 Å². The van der Waals surface area contributed by atoms with E-state index in [1.807, 2.05) is 48.5 Å². The fourth-order valence-corrected chi connectivity index (χ4v) is 2.74. The van der Waals surface area contributed by atoms with Gasteiger partial charge in [-0.15, -0.1) is 0 Å². The van der Waals surface area contributed by atoms with Gasteiger partial charge in [-0.05, 0) is 62.2 Å². The largest absolute Gasteiger partial charge is 0.497 e. The molecule has 26 heavy (non-hydrogen) atoms. The number of hydrogen-bond acceptors (Lipinski definition) is 5. The minimum absolute atomic E-state index is 0.0586. The Hall–Kier alpha value is -2.95. The van der Waals surface area contributed by atoms with Gasteiger partial charge in [-0.1, -0.05) is 12.1 Å². The summed E-state index contributed by atoms with van der Waals surface area (Å²) in [7, 11) is 1.65. The first kappa shape index (κ1) is 17.9. The molecule has 1 atom stereocenters. The van der Waals surface area contributed by atoms with Crippen LogP contribution in [0.5, 0.6) is 17.2 Å². The van der Waals surface area contributed by atoms with E-state index in [9.17, 15) is 0 Å². The highest BCUT2D eigenvalue weighted by Gasteiger charge is 2.09. The fourth-order valence-electron chi connectivity index (χ4n) is 2.74. The SMILES string of the molecule is COc1ccc(OCCCC(C)Oc2cccc3ccc(N)nc23)cc1. The highest BCUT2D eigenvalue weighted by molar-refractivity contribution is 5.85. The molecule has 0 amide bonds. The van der Waals surface area contributed by atoms with E-state index in [4.69, 9.17) is 19.9 Å². The molecule has 0 saturated heterocycles. The Balaban J connectivity index is 1.50. The summed E-state index contributed by atoms with van der Waals surface area (Å²) >= 11 is 0. The van der Waals surface area contributed by atoms with Gasteiger partial charge in [0, 0.05) is 5.39 Å². The molecule has 5 nitrogen and oxygen atoms in total. The van der Waals surface area contributed by atoms with E-state index in [1.165, 1.54) is 0 Å². The average molecular weight is 352 g/mol. The molecule has 0 radical (unpaired) electrons. The van der Waals surface area contributed by atoms with Crippen molar-refractivity contribution in [2.24, 2.45) is 0 Å². The van der Waals surface area contributed by atoms with Crippen molar-refractivity contribution in [1.82, 2.24) is 4.98 Å². The Bertz CT molecular complexity index is 850. The van der Waals surface area contributed by atoms with E-state index in [2.05, 4.69) is 11.9 Å². The maximum absolute atomic E-state index is 6.08. The summed E-state index contributed by atoms with van der Waals surface area (Å²) in [5.74, 6) is 2.92. The number of pyridine rings is 1. The summed E-state index contributed by atoms with van der Waals surface area (Å²) < 4.78 is 17.0. The first-order valence-electron chi connectivity index (χ1n) is 8.74. The third-order valence-corrected chi connectivity index (χ3v) is 4.12. The molecule has 0 saturated carbocycles. The number of nitrogens with two attached hydrogens (primary N) is 1. The third kappa shape index (κ3) is 4.57. The van der Waals surface area contributed by atoms with Gasteiger partial charge in [0.1, 0.15) is 28.6 Å². The summed E-state index contributed by atoms with van der Waals surface area (Å²) in [4.78, 5) is 4.40. The molecule has 1 unspecified atom stereocenters. The van der Waals surface area contributed by atoms with Crippen molar-refractivity contribution in [1.29, 1.82) is 0 Å². The molecule has 2 N–H and O–H groups in total. The topological polar surface area (TPSA) is 66.6 Å². The summed E-state index contributed by atoms with van der Waals surface area (Å²) in [5, 5.41) is 1.02. The molecular weight excluding hydrogens is 328 g/mol. The Morgan fingerprint density at radius 3 is 2.54 bits per heavy atom. The van der Waals surface area contributed by atoms with Crippen LogP contribution < -0.4 is 19.9 Å². The zero-order chi connectivity index (χ0) is 18.4. The summed E-state index contributed by atoms with van der Waals surface area (Å²) in [6.45, 7) is 2.69. The van der Waals surface area contributed by atoms with Crippen molar-refractivity contribution >= 4 is 16.7 Å². The molecule has 0 fully saturated rings. The number of rotatable bonds is 8. The Morgan fingerprint density at radius 1 is 1.00 bits per heavy atom. The number of aromatic nitrogens is 1. The number of nitrogen functional groups attached to an aromatic ring is 1. The van der Waals surface area contributed by atoms with E-state index in [0.29, 0.717) is 12.4 Å². The Kier molecular flexibility index (Phi) is 5.79. The first-order chi connectivity index (χ1) is 12.7. The second-order valence-corrected chi connectivity index (χ2v) is 6.16. The van der Waals surface area contributed by atoms with Crippen LogP contribution in [0.15, 0.2) is 54.6 Å². The number of para-hydroxylation sites is 1. The molecule has 1 heterocycles. The van der Waals surface area contributed by atoms with E-state index >= 15 is 0 Å². The number of nitrogens with zero attached hydrogens (tertiary/aromatic N) is 1. The fraction of sp³-hybridized carbons (Fsp3) is 0.286. The molecule has 3 aromatic rings. The van der Waals surface area contributed by atoms with Crippen molar-refractivity contribution in [2.75, 3.05) is 19.5 Å². The van der Waals surface area contributed by atoms with Crippen LogP contribution in [0.3, 0.4) is 0 Å². The second-order valence-electron chi connectivity index (χ2n) is 6.16. The van der Waals surface area contributed by atoms with Crippen molar-refractivity contribution in [2.45, 2.75) is 25.9 Å². The van der Waals surface area contributed by atoms with Gasteiger partial charge in [0.15, 0.2) is 0 Å². The average Bonchev–Trinajstić information content (AvgIpc) is 2.66. The standard InChI is InChI=1S/C21H24N2O3/c1-15(5-4-14-25-18-11-9-17(24-2)10-12-18)26-19-7-3-6-16-8-13-20(22)23-21(16)19/h3,6-13,15H,4-5,14H2,1-2H3,(H2,22,23). The molecule has 0 aliphatic rings. The normalized spacial score (nSPS) is 11.9. The molecule has 0 spiro atoms. The molecule has 5 heteroatoms. The van der Waals surface area contributed by atoms with Crippen LogP contribution in [0.4, 0.5) is 5.82 Å². The van der Waals surface area contributed by atoms with Crippen LogP contribution in [-0.2, 0) is 0 Å². The third-order valence-electron chi connectivity index (χ3n) is 4.12. The molecule has 2 aromatic carbocycles. The second kappa shape index (κ2) is 8.43. The van der Waals surface area contributed by atoms with E-state index in [-0.39, 0.29) is 6.10 Å². The first-order valence-corrected chi connectivity index (χ1v) is 8.74. The summed E-state index contributed by atoms with van der Waals surface area (Å²) in [6.07, 6.45) is 1.84. The lowest BCUT2D eigenvalue weighted by Gasteiger charge is -2.16. The number of ether oxygens (including phenoxy) is 3. The van der Waals surface area contributed by atoms with Crippen LogP contribution in [0, 0.1) is 0 Å². The number of fused-ring (bicyclic) bond motifs is 1. The highest BCUT2D eigenvalue weighted by Crippen LogP contribution is 2.26. The minimum atomic E-state index is 0.0586. The van der Waals surface area contributed by atoms with Crippen LogP contribution in [-0.4, -0.2) is 24.8 Å². The van der Waals surface area contributed by atoms with Gasteiger partial charge in [0.2, 0.25) is 0 Å². The maximum Gasteiger partial charge on any atom is 0.146 e. The zero-order valence-corrected chi connectivity index (χ0v) is 15.1. The molecular formula is C21H24N2O3. The van der Waals surface area contributed by atoms with Gasteiger partial charge >= 0.3 is 0 Å². The zero-order valence-electron chi connectivity index (χ0n) is 15.1. The highest BCUT2D eigenvalue weighted by atomic mass is 16.5. The Labute approximate surface area is 153 Å². The van der Waals surface area contributed by atoms with Gasteiger partial charge in [-0.3, -0.25) is 0 Å². The predicted molar refractivity (Wildman–Crippen MR) is 104 cm³/mol. The molecule has 0 aliphatic heterocycles. The van der Waals surface area contributed by atoms with Crippen LogP contribution in [0.25, 0.3) is 10.9 Å². The van der Waals surface area contributed by atoms with Crippen molar-refractivity contribution in [3.8, 4) is 17.2 Å². The molecule has 1 aromatic heterocycles. The lowest BCUT2D eigenvalue weighted by molar-refractivity contribution is 0.195. The summed E-state index contributed by atoms with van der Waals surface area (Å²) in [5.41, 5.74) is 6.60. The Morgan fingerprint density at radius 2 is 1.77 bits per heavy atom. The lowest BCUT2D eigenvalue weighted by Crippen LogP contribution is -2.13. The number of methoxy groups -OCH3 is 1. The number of benzene rings is 2. The van der Waals surface area contributed by atoms with Crippen LogP contribution in [0.1, 0.15) is 19.8 Å². The van der Waals surface area contributed by atoms with Gasteiger partial charge in [-0.25, -0.2) is 4.98 Å². The van der Waals surface area contributed by atoms with Gasteiger partial charge < -0.3 is 19.9 Å². The maximum atomic E-state index is 6.08.